The maximum absolute atomic E-state index is 10.6. The Labute approximate surface area is 92.8 Å². The van der Waals surface area contributed by atoms with Crippen molar-refractivity contribution in [1.82, 2.24) is 0 Å². The van der Waals surface area contributed by atoms with Crippen LogP contribution in [0.4, 0.5) is 0 Å². The molecule has 0 rings (SSSR count). The number of unbranched alkanes of at least 4 members (excludes halogenated alkanes) is 1. The molecule has 0 radical (unpaired) electrons. The Morgan fingerprint density at radius 2 is 2.00 bits per heavy atom. The maximum Gasteiger partial charge on any atom is 0.305 e. The number of carboxylic acid groups (broad SMARTS) is 1. The summed E-state index contributed by atoms with van der Waals surface area (Å²) in [5.74, 6) is -0.156. The summed E-state index contributed by atoms with van der Waals surface area (Å²) in [6.45, 7) is 7.07. The number of hydrogen-bond acceptors (Lipinski definition) is 2. The van der Waals surface area contributed by atoms with Crippen LogP contribution in [0.15, 0.2) is 0 Å². The Balaban J connectivity index is 3.78. The van der Waals surface area contributed by atoms with Gasteiger partial charge in [0, 0.05) is 6.61 Å². The molecule has 0 aliphatic carbocycles. The van der Waals surface area contributed by atoms with Crippen molar-refractivity contribution in [3.63, 3.8) is 0 Å². The van der Waals surface area contributed by atoms with Gasteiger partial charge in [-0.3, -0.25) is 4.79 Å². The van der Waals surface area contributed by atoms with Gasteiger partial charge in [-0.2, -0.15) is 0 Å². The van der Waals surface area contributed by atoms with Crippen molar-refractivity contribution < 1.29 is 14.6 Å². The Kier molecular flexibility index (Phi) is 8.38. The largest absolute Gasteiger partial charge is 0.481 e. The first kappa shape index (κ1) is 14.4. The van der Waals surface area contributed by atoms with Crippen LogP contribution in [0, 0.1) is 5.92 Å². The van der Waals surface area contributed by atoms with E-state index in [0.717, 1.165) is 25.7 Å². The number of rotatable bonds is 9. The zero-order chi connectivity index (χ0) is 11.7. The third-order valence-electron chi connectivity index (χ3n) is 2.32. The second-order valence-electron chi connectivity index (χ2n) is 4.42. The molecule has 0 aliphatic rings. The molecule has 0 aliphatic heterocycles. The van der Waals surface area contributed by atoms with Crippen molar-refractivity contribution in [2.45, 2.75) is 59.0 Å². The first-order valence-corrected chi connectivity index (χ1v) is 5.89. The van der Waals surface area contributed by atoms with E-state index in [1.165, 1.54) is 0 Å². The average Bonchev–Trinajstić information content (AvgIpc) is 2.13. The van der Waals surface area contributed by atoms with Crippen molar-refractivity contribution in [2.24, 2.45) is 5.92 Å². The highest BCUT2D eigenvalue weighted by atomic mass is 16.5. The predicted octanol–water partition coefficient (Wildman–Crippen LogP) is 3.08. The minimum absolute atomic E-state index is 0.101. The Morgan fingerprint density at radius 1 is 1.33 bits per heavy atom. The van der Waals surface area contributed by atoms with E-state index in [1.807, 2.05) is 0 Å². The van der Waals surface area contributed by atoms with E-state index >= 15 is 0 Å². The van der Waals surface area contributed by atoms with Crippen LogP contribution in [-0.4, -0.2) is 23.8 Å². The minimum Gasteiger partial charge on any atom is -0.481 e. The minimum atomic E-state index is -0.764. The van der Waals surface area contributed by atoms with Gasteiger partial charge in [-0.1, -0.05) is 27.2 Å². The van der Waals surface area contributed by atoms with Gasteiger partial charge in [-0.05, 0) is 25.2 Å². The van der Waals surface area contributed by atoms with Crippen molar-refractivity contribution in [3.05, 3.63) is 0 Å². The van der Waals surface area contributed by atoms with E-state index in [9.17, 15) is 4.79 Å². The molecule has 1 atom stereocenters. The summed E-state index contributed by atoms with van der Waals surface area (Å²) in [5.41, 5.74) is 0. The molecule has 0 heterocycles. The Bertz CT molecular complexity index is 166. The van der Waals surface area contributed by atoms with E-state index in [-0.39, 0.29) is 12.5 Å². The van der Waals surface area contributed by atoms with E-state index in [4.69, 9.17) is 9.84 Å². The van der Waals surface area contributed by atoms with Gasteiger partial charge in [0.05, 0.1) is 12.5 Å². The summed E-state index contributed by atoms with van der Waals surface area (Å²) in [7, 11) is 0. The van der Waals surface area contributed by atoms with Gasteiger partial charge in [-0.15, -0.1) is 0 Å². The van der Waals surface area contributed by atoms with Crippen molar-refractivity contribution >= 4 is 5.97 Å². The zero-order valence-corrected chi connectivity index (χ0v) is 10.2. The smallest absolute Gasteiger partial charge is 0.305 e. The van der Waals surface area contributed by atoms with Crippen LogP contribution in [0.3, 0.4) is 0 Å². The summed E-state index contributed by atoms with van der Waals surface area (Å²) in [6, 6.07) is 0. The molecule has 1 N–H and O–H groups in total. The van der Waals surface area contributed by atoms with Crippen LogP contribution in [-0.2, 0) is 9.53 Å². The second-order valence-corrected chi connectivity index (χ2v) is 4.42. The lowest BCUT2D eigenvalue weighted by atomic mass is 10.0. The van der Waals surface area contributed by atoms with E-state index < -0.39 is 5.97 Å². The highest BCUT2D eigenvalue weighted by Crippen LogP contribution is 2.13. The Morgan fingerprint density at radius 3 is 2.47 bits per heavy atom. The summed E-state index contributed by atoms with van der Waals surface area (Å²) in [4.78, 5) is 10.6. The lowest BCUT2D eigenvalue weighted by Gasteiger charge is -2.16. The van der Waals surface area contributed by atoms with Crippen LogP contribution in [0.2, 0.25) is 0 Å². The summed E-state index contributed by atoms with van der Waals surface area (Å²) < 4.78 is 5.56. The molecule has 0 aromatic carbocycles. The monoisotopic (exact) mass is 216 g/mol. The standard InChI is InChI=1S/C12H24O3/c1-4-5-8-15-11(9-12(13)14)7-6-10(2)3/h10-11H,4-9H2,1-3H3,(H,13,14)/t11-/m1/s1. The average molecular weight is 216 g/mol. The molecule has 0 amide bonds. The van der Waals surface area contributed by atoms with Gasteiger partial charge in [0.25, 0.3) is 0 Å². The molecule has 15 heavy (non-hydrogen) atoms. The molecule has 3 nitrogen and oxygen atoms in total. The Hall–Kier alpha value is -0.570. The second kappa shape index (κ2) is 8.72. The highest BCUT2D eigenvalue weighted by Gasteiger charge is 2.13. The first-order chi connectivity index (χ1) is 7.06. The topological polar surface area (TPSA) is 46.5 Å². The molecule has 0 fully saturated rings. The lowest BCUT2D eigenvalue weighted by Crippen LogP contribution is -2.19. The number of ether oxygens (including phenoxy) is 1. The van der Waals surface area contributed by atoms with Crippen LogP contribution >= 0.6 is 0 Å². The molecular formula is C12H24O3. The lowest BCUT2D eigenvalue weighted by molar-refractivity contribution is -0.140. The normalized spacial score (nSPS) is 13.1. The van der Waals surface area contributed by atoms with Gasteiger partial charge in [-0.25, -0.2) is 0 Å². The fourth-order valence-electron chi connectivity index (χ4n) is 1.35. The van der Waals surface area contributed by atoms with E-state index in [1.54, 1.807) is 0 Å². The highest BCUT2D eigenvalue weighted by molar-refractivity contribution is 5.67. The fraction of sp³-hybridized carbons (Fsp3) is 0.917. The van der Waals surface area contributed by atoms with Crippen molar-refractivity contribution in [2.75, 3.05) is 6.61 Å². The van der Waals surface area contributed by atoms with Crippen LogP contribution < -0.4 is 0 Å². The predicted molar refractivity (Wildman–Crippen MR) is 61.0 cm³/mol. The zero-order valence-electron chi connectivity index (χ0n) is 10.2. The van der Waals surface area contributed by atoms with Gasteiger partial charge in [0.2, 0.25) is 0 Å². The van der Waals surface area contributed by atoms with Crippen LogP contribution in [0.5, 0.6) is 0 Å². The number of hydrogen-bond donors (Lipinski definition) is 1. The molecule has 0 aromatic heterocycles. The number of carboxylic acids is 1. The van der Waals surface area contributed by atoms with Crippen LogP contribution in [0.25, 0.3) is 0 Å². The third-order valence-corrected chi connectivity index (χ3v) is 2.32. The third kappa shape index (κ3) is 9.73. The van der Waals surface area contributed by atoms with Crippen LogP contribution in [0.1, 0.15) is 52.9 Å². The van der Waals surface area contributed by atoms with Gasteiger partial charge in [0.15, 0.2) is 0 Å². The molecule has 0 saturated heterocycles. The summed E-state index contributed by atoms with van der Waals surface area (Å²) in [6.07, 6.45) is 4.02. The molecule has 90 valence electrons. The molecular weight excluding hydrogens is 192 g/mol. The SMILES string of the molecule is CCCCO[C@H](CCC(C)C)CC(=O)O. The molecule has 0 spiro atoms. The van der Waals surface area contributed by atoms with E-state index in [2.05, 4.69) is 20.8 Å². The van der Waals surface area contributed by atoms with E-state index in [0.29, 0.717) is 12.5 Å². The molecule has 3 heteroatoms. The molecule has 0 bridgehead atoms. The van der Waals surface area contributed by atoms with Crippen molar-refractivity contribution in [1.29, 1.82) is 0 Å². The fourth-order valence-corrected chi connectivity index (χ4v) is 1.35. The number of aliphatic carboxylic acids is 1. The van der Waals surface area contributed by atoms with Crippen molar-refractivity contribution in [3.8, 4) is 0 Å². The first-order valence-electron chi connectivity index (χ1n) is 5.89. The molecule has 0 saturated carbocycles. The molecule has 0 aromatic rings. The van der Waals surface area contributed by atoms with Gasteiger partial charge in [0.1, 0.15) is 0 Å². The van der Waals surface area contributed by atoms with Gasteiger partial charge < -0.3 is 9.84 Å². The molecule has 0 unspecified atom stereocenters. The van der Waals surface area contributed by atoms with Gasteiger partial charge >= 0.3 is 5.97 Å². The maximum atomic E-state index is 10.6. The number of carbonyl (C=O) groups is 1. The summed E-state index contributed by atoms with van der Waals surface area (Å²) in [5, 5.41) is 8.73. The quantitative estimate of drug-likeness (QED) is 0.602. The summed E-state index contributed by atoms with van der Waals surface area (Å²) >= 11 is 0.